The molecule has 2 aromatic carbocycles. The molecule has 0 saturated carbocycles. The highest BCUT2D eigenvalue weighted by molar-refractivity contribution is 5.99. The third-order valence-corrected chi connectivity index (χ3v) is 14.3. The van der Waals surface area contributed by atoms with E-state index in [0.717, 1.165) is 0 Å². The van der Waals surface area contributed by atoms with Gasteiger partial charge in [0.15, 0.2) is 5.96 Å². The molecule has 19 N–H and O–H groups in total. The molecule has 0 aliphatic carbocycles. The van der Waals surface area contributed by atoms with Gasteiger partial charge in [0.2, 0.25) is 47.3 Å². The number of imidazole rings is 1. The standard InChI is InChI=1S/C57H81N15O14/c1-30(2)21-40(49(78)65-39(11-7-19-62-57(59)60)55(84)72-20-8-12-46(72)56(85)86)67-50(79)41(22-31(3)4)68-51(80)42(23-32-13-15-35(74)16-14-32)69-54(83)45(28-73)71-52(81)43(24-33-26-63-38-10-6-5-9-36(33)38)70-53(82)44(25-34-27-61-29-64-34)66-48(77)37(58)17-18-47(75)76/h5-6,9-10,13-16,26-27,29-31,37,39-46,63,73-74H,7-8,11-12,17-25,28,58H2,1-4H3,(H,61,64)(H,65,78)(H,66,77)(H,67,79)(H,68,80)(H,69,83)(H,70,82)(H,71,81)(H,75,76)(H,85,86)(H4,59,60,62)/t37-,39-,40-,41+,42-,43-,44-,45-,46-/m0/s1. The number of nitrogens with zero attached hydrogens (tertiary/aromatic N) is 2. The molecule has 8 amide bonds. The minimum Gasteiger partial charge on any atom is -0.508 e. The lowest BCUT2D eigenvalue weighted by molar-refractivity contribution is -0.149. The second-order valence-electron chi connectivity index (χ2n) is 22.1. The number of nitrogens with two attached hydrogens (primary N) is 2. The van der Waals surface area contributed by atoms with Crippen LogP contribution in [0.25, 0.3) is 10.9 Å². The van der Waals surface area contributed by atoms with E-state index in [4.69, 9.17) is 22.0 Å². The molecule has 1 aliphatic heterocycles. The largest absolute Gasteiger partial charge is 0.508 e. The van der Waals surface area contributed by atoms with Crippen molar-refractivity contribution in [3.8, 4) is 5.75 Å². The van der Waals surface area contributed by atoms with E-state index in [1.807, 2.05) is 0 Å². The highest BCUT2D eigenvalue weighted by Gasteiger charge is 2.40. The number of likely N-dealkylation sites (tertiary alicyclic amines) is 1. The molecular formula is C57H81N15O14. The number of amides is 8. The number of aliphatic hydroxyl groups is 1. The molecule has 4 aromatic rings. The molecule has 86 heavy (non-hydrogen) atoms. The van der Waals surface area contributed by atoms with Crippen LogP contribution in [0.1, 0.15) is 95.9 Å². The van der Waals surface area contributed by atoms with Crippen LogP contribution in [0.3, 0.4) is 0 Å². The fourth-order valence-corrected chi connectivity index (χ4v) is 9.82. The summed E-state index contributed by atoms with van der Waals surface area (Å²) in [6.45, 7) is 6.41. The van der Waals surface area contributed by atoms with Crippen LogP contribution in [0.5, 0.6) is 5.75 Å². The average Bonchev–Trinajstić information content (AvgIpc) is 3.03. The summed E-state index contributed by atoms with van der Waals surface area (Å²) in [7, 11) is 0. The summed E-state index contributed by atoms with van der Waals surface area (Å²) in [5.41, 5.74) is 13.4. The Morgan fingerprint density at radius 3 is 1.78 bits per heavy atom. The van der Waals surface area contributed by atoms with Gasteiger partial charge in [-0.25, -0.2) is 9.78 Å². The quantitative estimate of drug-likeness (QED) is 0.0146. The first-order valence-corrected chi connectivity index (χ1v) is 28.5. The number of aliphatic hydroxyl groups excluding tert-OH is 1. The normalized spacial score (nSPS) is 15.9. The van der Waals surface area contributed by atoms with Crippen LogP contribution < -0.4 is 54.0 Å². The molecule has 1 fully saturated rings. The van der Waals surface area contributed by atoms with Gasteiger partial charge in [0, 0.05) is 62.1 Å². The number of aromatic amines is 2. The molecule has 1 saturated heterocycles. The predicted molar refractivity (Wildman–Crippen MR) is 312 cm³/mol. The number of phenolic OH excluding ortho intramolecular Hbond substituents is 1. The molecule has 29 heteroatoms. The number of H-pyrrole nitrogens is 2. The van der Waals surface area contributed by atoms with Crippen molar-refractivity contribution >= 4 is 76.1 Å². The summed E-state index contributed by atoms with van der Waals surface area (Å²) >= 11 is 0. The van der Waals surface area contributed by atoms with E-state index in [0.29, 0.717) is 34.1 Å². The number of aromatic hydroxyl groups is 1. The van der Waals surface area contributed by atoms with Crippen LogP contribution in [-0.4, -0.2) is 180 Å². The van der Waals surface area contributed by atoms with E-state index in [-0.39, 0.29) is 94.4 Å². The first-order valence-electron chi connectivity index (χ1n) is 28.5. The molecule has 29 nitrogen and oxygen atoms in total. The number of fused-ring (bicyclic) bond motifs is 1. The first kappa shape index (κ1) is 67.7. The van der Waals surface area contributed by atoms with Gasteiger partial charge in [0.1, 0.15) is 54.1 Å². The number of benzene rings is 2. The van der Waals surface area contributed by atoms with Gasteiger partial charge in [-0.15, -0.1) is 0 Å². The van der Waals surface area contributed by atoms with Crippen molar-refractivity contribution in [2.45, 2.75) is 153 Å². The Hall–Kier alpha value is -9.12. The predicted octanol–water partition coefficient (Wildman–Crippen LogP) is -1.37. The number of hydrogen-bond acceptors (Lipinski definition) is 15. The fraction of sp³-hybridized carbons (Fsp3) is 0.509. The summed E-state index contributed by atoms with van der Waals surface area (Å²) in [6.07, 6.45) is 4.00. The van der Waals surface area contributed by atoms with Crippen molar-refractivity contribution < 1.29 is 68.4 Å². The molecule has 3 heterocycles. The van der Waals surface area contributed by atoms with Gasteiger partial charge in [-0.1, -0.05) is 58.0 Å². The number of carbonyl (C=O) groups is 10. The van der Waals surface area contributed by atoms with Crippen molar-refractivity contribution in [1.29, 1.82) is 5.41 Å². The highest BCUT2D eigenvalue weighted by Crippen LogP contribution is 2.22. The van der Waals surface area contributed by atoms with Gasteiger partial charge in [-0.3, -0.25) is 48.6 Å². The van der Waals surface area contributed by atoms with Crippen molar-refractivity contribution in [3.63, 3.8) is 0 Å². The van der Waals surface area contributed by atoms with Crippen molar-refractivity contribution in [2.75, 3.05) is 19.7 Å². The molecule has 9 atom stereocenters. The summed E-state index contributed by atoms with van der Waals surface area (Å²) in [6, 6.07) is 0.136. The molecule has 5 rings (SSSR count). The Balaban J connectivity index is 1.39. The van der Waals surface area contributed by atoms with E-state index in [9.17, 15) is 63.3 Å². The van der Waals surface area contributed by atoms with Crippen LogP contribution in [0.2, 0.25) is 0 Å². The molecule has 2 aromatic heterocycles. The number of phenols is 1. The SMILES string of the molecule is CC(C)C[C@H](NC(=O)[C@@H](CC(C)C)NC(=O)[C@H](Cc1ccc(O)cc1)NC(=O)[C@H](CO)NC(=O)[C@H](Cc1c[nH]c2ccccc12)NC(=O)[C@H](Cc1c[nH]cn1)NC(=O)[C@@H](N)CCC(=O)O)C(=O)N[C@@H](CCCNC(=N)N)C(=O)N1CCC[C@H]1C(=O)O. The third-order valence-electron chi connectivity index (χ3n) is 14.3. The van der Waals surface area contributed by atoms with Gasteiger partial charge in [-0.2, -0.15) is 0 Å². The van der Waals surface area contributed by atoms with Crippen LogP contribution in [0.4, 0.5) is 0 Å². The number of carbonyl (C=O) groups excluding carboxylic acids is 8. The number of nitrogens with one attached hydrogen (secondary N) is 11. The number of guanidine groups is 1. The summed E-state index contributed by atoms with van der Waals surface area (Å²) in [5.74, 6) is -10.3. The van der Waals surface area contributed by atoms with E-state index in [2.05, 4.69) is 57.5 Å². The second kappa shape index (κ2) is 32.8. The van der Waals surface area contributed by atoms with Crippen molar-refractivity contribution in [1.82, 2.24) is 62.4 Å². The number of rotatable bonds is 34. The Labute approximate surface area is 496 Å². The van der Waals surface area contributed by atoms with Gasteiger partial charge in [0.05, 0.1) is 24.7 Å². The number of aromatic nitrogens is 3. The lowest BCUT2D eigenvalue weighted by atomic mass is 9.98. The van der Waals surface area contributed by atoms with Crippen molar-refractivity contribution in [2.24, 2.45) is 23.3 Å². The minimum atomic E-state index is -1.79. The molecule has 468 valence electrons. The second-order valence-corrected chi connectivity index (χ2v) is 22.1. The summed E-state index contributed by atoms with van der Waals surface area (Å²) in [4.78, 5) is 148. The zero-order chi connectivity index (χ0) is 63.2. The zero-order valence-corrected chi connectivity index (χ0v) is 48.5. The molecule has 0 bridgehead atoms. The summed E-state index contributed by atoms with van der Waals surface area (Å²) < 4.78 is 0. The Morgan fingerprint density at radius 2 is 1.22 bits per heavy atom. The molecule has 0 spiro atoms. The Bertz CT molecular complexity index is 2990. The third kappa shape index (κ3) is 20.9. The molecule has 0 radical (unpaired) electrons. The van der Waals surface area contributed by atoms with Gasteiger partial charge >= 0.3 is 11.9 Å². The van der Waals surface area contributed by atoms with Crippen LogP contribution in [0.15, 0.2) is 67.3 Å². The highest BCUT2D eigenvalue weighted by atomic mass is 16.4. The monoisotopic (exact) mass is 1200 g/mol. The van der Waals surface area contributed by atoms with E-state index >= 15 is 0 Å². The number of carboxylic acids is 2. The number of carboxylic acid groups (broad SMARTS) is 2. The average molecular weight is 1200 g/mol. The lowest BCUT2D eigenvalue weighted by Crippen LogP contribution is -2.61. The number of aliphatic carboxylic acids is 2. The maximum absolute atomic E-state index is 14.6. The molecular weight excluding hydrogens is 1120 g/mol. The fourth-order valence-electron chi connectivity index (χ4n) is 9.82. The van der Waals surface area contributed by atoms with Gasteiger partial charge in [-0.05, 0) is 86.1 Å². The van der Waals surface area contributed by atoms with Crippen LogP contribution in [0, 0.1) is 17.2 Å². The van der Waals surface area contributed by atoms with Crippen LogP contribution in [-0.2, 0) is 67.2 Å². The van der Waals surface area contributed by atoms with E-state index in [1.165, 1.54) is 41.7 Å². The first-order chi connectivity index (χ1) is 40.8. The maximum Gasteiger partial charge on any atom is 0.326 e. The smallest absolute Gasteiger partial charge is 0.326 e. The van der Waals surface area contributed by atoms with E-state index < -0.39 is 127 Å². The zero-order valence-electron chi connectivity index (χ0n) is 48.5. The minimum absolute atomic E-state index is 0.00584. The number of para-hydroxylation sites is 1. The maximum atomic E-state index is 14.6. The van der Waals surface area contributed by atoms with Gasteiger partial charge in [0.25, 0.3) is 0 Å². The number of hydrogen-bond donors (Lipinski definition) is 17. The van der Waals surface area contributed by atoms with Crippen molar-refractivity contribution in [3.05, 3.63) is 84.1 Å². The molecule has 0 unspecified atom stereocenters. The van der Waals surface area contributed by atoms with Gasteiger partial charge < -0.3 is 89.3 Å². The lowest BCUT2D eigenvalue weighted by Gasteiger charge is -2.30. The van der Waals surface area contributed by atoms with Crippen LogP contribution >= 0.6 is 0 Å². The summed E-state index contributed by atoms with van der Waals surface area (Å²) in [5, 5.41) is 69.1. The Kier molecular flexibility index (Phi) is 25.8. The Morgan fingerprint density at radius 1 is 0.686 bits per heavy atom. The topological polar surface area (TPSA) is 471 Å². The molecule has 1 aliphatic rings. The van der Waals surface area contributed by atoms with E-state index in [1.54, 1.807) is 58.2 Å².